The van der Waals surface area contributed by atoms with Crippen molar-refractivity contribution in [2.24, 2.45) is 0 Å². The summed E-state index contributed by atoms with van der Waals surface area (Å²) in [6.07, 6.45) is 5.68. The van der Waals surface area contributed by atoms with Gasteiger partial charge in [0, 0.05) is 25.0 Å². The lowest BCUT2D eigenvalue weighted by atomic mass is 10.2. The van der Waals surface area contributed by atoms with Gasteiger partial charge in [0.15, 0.2) is 0 Å². The third-order valence-electron chi connectivity index (χ3n) is 2.55. The maximum atomic E-state index is 4.17. The van der Waals surface area contributed by atoms with Gasteiger partial charge in [0.2, 0.25) is 0 Å². The van der Waals surface area contributed by atoms with Crippen molar-refractivity contribution in [1.29, 1.82) is 0 Å². The molecule has 5 heteroatoms. The molecule has 0 aromatic carbocycles. The molecule has 0 aliphatic heterocycles. The summed E-state index contributed by atoms with van der Waals surface area (Å²) < 4.78 is 1.84. The number of hydrogen-bond donors (Lipinski definition) is 1. The van der Waals surface area contributed by atoms with Crippen LogP contribution in [0.5, 0.6) is 0 Å². The summed E-state index contributed by atoms with van der Waals surface area (Å²) in [7, 11) is 0. The molecular formula is C13H19N5. The van der Waals surface area contributed by atoms with Gasteiger partial charge >= 0.3 is 0 Å². The van der Waals surface area contributed by atoms with Crippen molar-refractivity contribution in [2.45, 2.75) is 39.9 Å². The maximum Gasteiger partial charge on any atom is 0.0965 e. The highest BCUT2D eigenvalue weighted by Gasteiger charge is 2.02. The predicted molar refractivity (Wildman–Crippen MR) is 70.1 cm³/mol. The van der Waals surface area contributed by atoms with E-state index in [9.17, 15) is 0 Å². The summed E-state index contributed by atoms with van der Waals surface area (Å²) in [4.78, 5) is 4.17. The minimum Gasteiger partial charge on any atom is -0.309 e. The number of rotatable bonds is 5. The van der Waals surface area contributed by atoms with Crippen molar-refractivity contribution in [3.05, 3.63) is 41.5 Å². The van der Waals surface area contributed by atoms with Crippen molar-refractivity contribution >= 4 is 0 Å². The lowest BCUT2D eigenvalue weighted by molar-refractivity contribution is 0.580. The van der Waals surface area contributed by atoms with Crippen LogP contribution in [0.3, 0.4) is 0 Å². The molecule has 0 radical (unpaired) electrons. The van der Waals surface area contributed by atoms with E-state index in [2.05, 4.69) is 40.5 Å². The molecule has 0 aliphatic carbocycles. The average molecular weight is 245 g/mol. The quantitative estimate of drug-likeness (QED) is 0.868. The molecule has 2 aromatic heterocycles. The Morgan fingerprint density at radius 3 is 2.89 bits per heavy atom. The van der Waals surface area contributed by atoms with Crippen LogP contribution in [0.25, 0.3) is 0 Å². The van der Waals surface area contributed by atoms with E-state index >= 15 is 0 Å². The molecule has 0 atom stereocenters. The largest absolute Gasteiger partial charge is 0.309 e. The van der Waals surface area contributed by atoms with Crippen molar-refractivity contribution in [3.63, 3.8) is 0 Å². The van der Waals surface area contributed by atoms with Gasteiger partial charge in [-0.05, 0) is 18.1 Å². The molecule has 5 nitrogen and oxygen atoms in total. The fraction of sp³-hybridized carbons (Fsp3) is 0.462. The molecule has 0 amide bonds. The summed E-state index contributed by atoms with van der Waals surface area (Å²) >= 11 is 0. The van der Waals surface area contributed by atoms with E-state index in [1.165, 1.54) is 0 Å². The van der Waals surface area contributed by atoms with Gasteiger partial charge in [-0.2, -0.15) is 0 Å². The number of hydrogen-bond acceptors (Lipinski definition) is 4. The van der Waals surface area contributed by atoms with Crippen molar-refractivity contribution in [2.75, 3.05) is 0 Å². The molecule has 1 N–H and O–H groups in total. The van der Waals surface area contributed by atoms with Crippen molar-refractivity contribution in [3.8, 4) is 0 Å². The van der Waals surface area contributed by atoms with E-state index in [0.717, 1.165) is 23.4 Å². The fourth-order valence-electron chi connectivity index (χ4n) is 1.70. The molecule has 0 unspecified atom stereocenters. The zero-order chi connectivity index (χ0) is 13.0. The van der Waals surface area contributed by atoms with E-state index < -0.39 is 0 Å². The Bertz CT molecular complexity index is 504. The number of pyridine rings is 1. The minimum atomic E-state index is 0.455. The van der Waals surface area contributed by atoms with Gasteiger partial charge in [0.25, 0.3) is 0 Å². The third kappa shape index (κ3) is 3.63. The summed E-state index contributed by atoms with van der Waals surface area (Å²) in [5.74, 6) is 0. The van der Waals surface area contributed by atoms with Gasteiger partial charge < -0.3 is 5.32 Å². The molecule has 2 heterocycles. The van der Waals surface area contributed by atoms with Crippen LogP contribution in [-0.4, -0.2) is 26.0 Å². The Labute approximate surface area is 107 Å². The Balaban J connectivity index is 1.98. The standard InChI is InChI=1S/C13H19N5/c1-10(2)15-7-13-9-18(17-16-13)8-12-4-11(3)5-14-6-12/h4-6,9-10,15H,7-8H2,1-3H3. The molecule has 2 aromatic rings. The van der Waals surface area contributed by atoms with Crippen LogP contribution in [0.4, 0.5) is 0 Å². The van der Waals surface area contributed by atoms with Gasteiger partial charge in [-0.25, -0.2) is 4.68 Å². The summed E-state index contributed by atoms with van der Waals surface area (Å²) in [5, 5.41) is 11.6. The van der Waals surface area contributed by atoms with Gasteiger partial charge in [-0.1, -0.05) is 25.1 Å². The molecule has 0 saturated carbocycles. The van der Waals surface area contributed by atoms with Crippen molar-refractivity contribution in [1.82, 2.24) is 25.3 Å². The van der Waals surface area contributed by atoms with Crippen molar-refractivity contribution < 1.29 is 0 Å². The molecule has 18 heavy (non-hydrogen) atoms. The van der Waals surface area contributed by atoms with Crippen LogP contribution in [-0.2, 0) is 13.1 Å². The summed E-state index contributed by atoms with van der Waals surface area (Å²) in [6, 6.07) is 2.57. The topological polar surface area (TPSA) is 55.6 Å². The minimum absolute atomic E-state index is 0.455. The molecule has 96 valence electrons. The van der Waals surface area contributed by atoms with Crippen LogP contribution in [0.1, 0.15) is 30.7 Å². The second-order valence-electron chi connectivity index (χ2n) is 4.81. The zero-order valence-electron chi connectivity index (χ0n) is 11.1. The Morgan fingerprint density at radius 2 is 2.17 bits per heavy atom. The molecule has 2 rings (SSSR count). The Morgan fingerprint density at radius 1 is 1.33 bits per heavy atom. The average Bonchev–Trinajstić information content (AvgIpc) is 2.74. The predicted octanol–water partition coefficient (Wildman–Crippen LogP) is 1.53. The first-order chi connectivity index (χ1) is 8.63. The Hall–Kier alpha value is -1.75. The highest BCUT2D eigenvalue weighted by Crippen LogP contribution is 2.04. The summed E-state index contributed by atoms with van der Waals surface area (Å²) in [6.45, 7) is 7.73. The van der Waals surface area contributed by atoms with E-state index in [0.29, 0.717) is 12.6 Å². The molecule has 0 aliphatic rings. The molecule has 0 saturated heterocycles. The van der Waals surface area contributed by atoms with E-state index in [1.54, 1.807) is 0 Å². The van der Waals surface area contributed by atoms with E-state index in [-0.39, 0.29) is 0 Å². The van der Waals surface area contributed by atoms with E-state index in [4.69, 9.17) is 0 Å². The first kappa shape index (κ1) is 12.7. The highest BCUT2D eigenvalue weighted by molar-refractivity contribution is 5.16. The van der Waals surface area contributed by atoms with Crippen LogP contribution in [0.15, 0.2) is 24.7 Å². The number of aromatic nitrogens is 4. The molecule has 0 bridgehead atoms. The number of nitrogens with zero attached hydrogens (tertiary/aromatic N) is 4. The summed E-state index contributed by atoms with van der Waals surface area (Å²) in [5.41, 5.74) is 3.27. The second kappa shape index (κ2) is 5.73. The number of aryl methyl sites for hydroxylation is 1. The molecule has 0 fully saturated rings. The first-order valence-corrected chi connectivity index (χ1v) is 6.16. The van der Waals surface area contributed by atoms with Crippen LogP contribution in [0, 0.1) is 6.92 Å². The van der Waals surface area contributed by atoms with Crippen LogP contribution >= 0.6 is 0 Å². The van der Waals surface area contributed by atoms with Crippen LogP contribution in [0.2, 0.25) is 0 Å². The monoisotopic (exact) mass is 245 g/mol. The third-order valence-corrected chi connectivity index (χ3v) is 2.55. The lowest BCUT2D eigenvalue weighted by Gasteiger charge is -2.04. The van der Waals surface area contributed by atoms with E-state index in [1.807, 2.05) is 30.2 Å². The Kier molecular flexibility index (Phi) is 4.04. The normalized spacial score (nSPS) is 11.1. The van der Waals surface area contributed by atoms with Gasteiger partial charge in [0.05, 0.1) is 18.4 Å². The SMILES string of the molecule is Cc1cncc(Cn2cc(CNC(C)C)nn2)c1. The number of nitrogens with one attached hydrogen (secondary N) is 1. The van der Waals surface area contributed by atoms with Gasteiger partial charge in [0.1, 0.15) is 0 Å². The van der Waals surface area contributed by atoms with Crippen LogP contribution < -0.4 is 5.32 Å². The van der Waals surface area contributed by atoms with Gasteiger partial charge in [-0.3, -0.25) is 4.98 Å². The fourth-order valence-corrected chi connectivity index (χ4v) is 1.70. The highest BCUT2D eigenvalue weighted by atomic mass is 15.4. The maximum absolute atomic E-state index is 4.17. The first-order valence-electron chi connectivity index (χ1n) is 6.16. The lowest BCUT2D eigenvalue weighted by Crippen LogP contribution is -2.21. The van der Waals surface area contributed by atoms with Gasteiger partial charge in [-0.15, -0.1) is 5.10 Å². The zero-order valence-corrected chi connectivity index (χ0v) is 11.1. The smallest absolute Gasteiger partial charge is 0.0965 e. The second-order valence-corrected chi connectivity index (χ2v) is 4.81. The molecule has 0 spiro atoms. The molecular weight excluding hydrogens is 226 g/mol.